The first-order valence-electron chi connectivity index (χ1n) is 6.28. The van der Waals surface area contributed by atoms with Crippen molar-refractivity contribution in [2.75, 3.05) is 0 Å². The molecule has 0 fully saturated rings. The van der Waals surface area contributed by atoms with E-state index in [1.165, 1.54) is 0 Å². The van der Waals surface area contributed by atoms with Crippen molar-refractivity contribution in [1.82, 2.24) is 4.98 Å². The van der Waals surface area contributed by atoms with Gasteiger partial charge in [-0.15, -0.1) is 0 Å². The molecule has 0 saturated carbocycles. The molecule has 0 spiro atoms. The Bertz CT molecular complexity index is 578. The second-order valence-electron chi connectivity index (χ2n) is 4.52. The topological polar surface area (TPSA) is 74.0 Å². The Kier molecular flexibility index (Phi) is 4.11. The lowest BCUT2D eigenvalue weighted by Crippen LogP contribution is -2.27. The molecule has 2 rings (SSSR count). The Hall–Kier alpha value is -2.67. The van der Waals surface area contributed by atoms with Gasteiger partial charge in [-0.05, 0) is 23.6 Å². The minimum absolute atomic E-state index is 0.0721. The van der Waals surface area contributed by atoms with Crippen LogP contribution in [0.2, 0.25) is 0 Å². The normalized spacial score (nSPS) is 13.2. The van der Waals surface area contributed by atoms with E-state index in [1.54, 1.807) is 18.5 Å². The van der Waals surface area contributed by atoms with Gasteiger partial charge in [0.2, 0.25) is 0 Å². The van der Waals surface area contributed by atoms with Crippen LogP contribution in [0.5, 0.6) is 0 Å². The van der Waals surface area contributed by atoms with Crippen LogP contribution in [-0.2, 0) is 10.2 Å². The molecule has 20 heavy (non-hydrogen) atoms. The first-order valence-corrected chi connectivity index (χ1v) is 6.28. The monoisotopic (exact) mass is 266 g/mol. The van der Waals surface area contributed by atoms with Gasteiger partial charge >= 0.3 is 5.97 Å². The molecule has 1 atom stereocenters. The molecular formula is C16H14N2O2. The summed E-state index contributed by atoms with van der Waals surface area (Å²) < 4.78 is 0. The predicted octanol–water partition coefficient (Wildman–Crippen LogP) is 2.76. The number of benzene rings is 1. The summed E-state index contributed by atoms with van der Waals surface area (Å²) in [6.07, 6.45) is 3.40. The van der Waals surface area contributed by atoms with E-state index >= 15 is 0 Å². The molecule has 100 valence electrons. The average Bonchev–Trinajstić information content (AvgIpc) is 2.50. The predicted molar refractivity (Wildman–Crippen MR) is 73.9 cm³/mol. The van der Waals surface area contributed by atoms with Gasteiger partial charge in [0.05, 0.1) is 6.07 Å². The largest absolute Gasteiger partial charge is 0.481 e. The van der Waals surface area contributed by atoms with Crippen LogP contribution in [-0.4, -0.2) is 16.1 Å². The first kappa shape index (κ1) is 13.8. The third-order valence-electron chi connectivity index (χ3n) is 3.33. The maximum atomic E-state index is 10.9. The van der Waals surface area contributed by atoms with E-state index < -0.39 is 11.4 Å². The van der Waals surface area contributed by atoms with E-state index in [-0.39, 0.29) is 12.8 Å². The number of carboxylic acids is 1. The van der Waals surface area contributed by atoms with E-state index in [0.717, 1.165) is 11.1 Å². The van der Waals surface area contributed by atoms with Gasteiger partial charge < -0.3 is 5.11 Å². The summed E-state index contributed by atoms with van der Waals surface area (Å²) in [5.74, 6) is -0.913. The fourth-order valence-electron chi connectivity index (χ4n) is 2.27. The van der Waals surface area contributed by atoms with Crippen LogP contribution in [0.25, 0.3) is 0 Å². The Morgan fingerprint density at radius 1 is 1.20 bits per heavy atom. The summed E-state index contributed by atoms with van der Waals surface area (Å²) in [7, 11) is 0. The van der Waals surface area contributed by atoms with Crippen LogP contribution in [0.1, 0.15) is 24.0 Å². The van der Waals surface area contributed by atoms with Gasteiger partial charge in [-0.1, -0.05) is 36.4 Å². The quantitative estimate of drug-likeness (QED) is 0.903. The second-order valence-corrected chi connectivity index (χ2v) is 4.52. The summed E-state index contributed by atoms with van der Waals surface area (Å²) in [5, 5.41) is 18.7. The molecule has 2 aromatic rings. The minimum atomic E-state index is -0.978. The van der Waals surface area contributed by atoms with E-state index in [0.29, 0.717) is 0 Å². The number of aliphatic carboxylic acids is 1. The lowest BCUT2D eigenvalue weighted by Gasteiger charge is -2.26. The molecule has 0 radical (unpaired) electrons. The number of carbonyl (C=O) groups is 1. The van der Waals surface area contributed by atoms with Crippen LogP contribution >= 0.6 is 0 Å². The highest BCUT2D eigenvalue weighted by Gasteiger charge is 2.35. The number of pyridine rings is 1. The molecule has 4 nitrogen and oxygen atoms in total. The van der Waals surface area contributed by atoms with Gasteiger partial charge in [0.15, 0.2) is 0 Å². The van der Waals surface area contributed by atoms with Crippen molar-refractivity contribution < 1.29 is 9.90 Å². The van der Waals surface area contributed by atoms with Crippen molar-refractivity contribution in [2.45, 2.75) is 18.3 Å². The standard InChI is InChI=1S/C16H14N2O2/c17-12-16(9-8-15(19)20,13-5-2-1-3-6-13)14-7-4-10-18-11-14/h1-7,10-11H,8-9H2,(H,19,20). The Morgan fingerprint density at radius 3 is 2.45 bits per heavy atom. The van der Waals surface area contributed by atoms with Crippen LogP contribution in [0.3, 0.4) is 0 Å². The summed E-state index contributed by atoms with van der Waals surface area (Å²) >= 11 is 0. The van der Waals surface area contributed by atoms with Crippen LogP contribution in [0.15, 0.2) is 54.9 Å². The van der Waals surface area contributed by atoms with Crippen molar-refractivity contribution in [3.8, 4) is 6.07 Å². The molecule has 1 aromatic heterocycles. The van der Waals surface area contributed by atoms with Gasteiger partial charge in [0.25, 0.3) is 0 Å². The van der Waals surface area contributed by atoms with Crippen LogP contribution in [0, 0.1) is 11.3 Å². The highest BCUT2D eigenvalue weighted by molar-refractivity contribution is 5.67. The molecule has 4 heteroatoms. The van der Waals surface area contributed by atoms with Gasteiger partial charge in [-0.3, -0.25) is 9.78 Å². The number of rotatable bonds is 5. The Balaban J connectivity index is 2.53. The third kappa shape index (κ3) is 2.67. The van der Waals surface area contributed by atoms with E-state index in [9.17, 15) is 10.1 Å². The molecule has 1 unspecified atom stereocenters. The smallest absolute Gasteiger partial charge is 0.303 e. The molecule has 1 N–H and O–H groups in total. The average molecular weight is 266 g/mol. The lowest BCUT2D eigenvalue weighted by molar-refractivity contribution is -0.137. The highest BCUT2D eigenvalue weighted by Crippen LogP contribution is 2.35. The fourth-order valence-corrected chi connectivity index (χ4v) is 2.27. The first-order chi connectivity index (χ1) is 9.69. The molecule has 1 aromatic carbocycles. The molecule has 0 bridgehead atoms. The molecule has 1 heterocycles. The molecule has 0 amide bonds. The SMILES string of the molecule is N#CC(CCC(=O)O)(c1ccccc1)c1cccnc1. The summed E-state index contributed by atoms with van der Waals surface area (Å²) in [6.45, 7) is 0. The zero-order chi connectivity index (χ0) is 14.4. The number of hydrogen-bond donors (Lipinski definition) is 1. The molecule has 0 saturated heterocycles. The lowest BCUT2D eigenvalue weighted by atomic mass is 9.73. The Morgan fingerprint density at radius 2 is 1.90 bits per heavy atom. The summed E-state index contributed by atoms with van der Waals surface area (Å²) in [4.78, 5) is 15.0. The highest BCUT2D eigenvalue weighted by atomic mass is 16.4. The van der Waals surface area contributed by atoms with Crippen molar-refractivity contribution >= 4 is 5.97 Å². The third-order valence-corrected chi connectivity index (χ3v) is 3.33. The van der Waals surface area contributed by atoms with E-state index in [1.807, 2.05) is 36.4 Å². The van der Waals surface area contributed by atoms with Crippen molar-refractivity contribution in [3.05, 3.63) is 66.0 Å². The van der Waals surface area contributed by atoms with Gasteiger partial charge in [-0.25, -0.2) is 0 Å². The van der Waals surface area contributed by atoms with E-state index in [4.69, 9.17) is 5.11 Å². The molecule has 0 aliphatic heterocycles. The number of carboxylic acid groups (broad SMARTS) is 1. The number of aromatic nitrogens is 1. The van der Waals surface area contributed by atoms with Gasteiger partial charge in [0, 0.05) is 18.8 Å². The zero-order valence-corrected chi connectivity index (χ0v) is 10.9. The van der Waals surface area contributed by atoms with E-state index in [2.05, 4.69) is 11.1 Å². The summed E-state index contributed by atoms with van der Waals surface area (Å²) in [6, 6.07) is 15.1. The van der Waals surface area contributed by atoms with Crippen LogP contribution in [0.4, 0.5) is 0 Å². The van der Waals surface area contributed by atoms with Crippen molar-refractivity contribution in [3.63, 3.8) is 0 Å². The molecule has 0 aliphatic rings. The Labute approximate surface area is 117 Å². The van der Waals surface area contributed by atoms with Gasteiger partial charge in [0.1, 0.15) is 5.41 Å². The van der Waals surface area contributed by atoms with Crippen molar-refractivity contribution in [2.24, 2.45) is 0 Å². The fraction of sp³-hybridized carbons (Fsp3) is 0.188. The number of nitrogens with zero attached hydrogens (tertiary/aromatic N) is 2. The maximum absolute atomic E-state index is 10.9. The van der Waals surface area contributed by atoms with Gasteiger partial charge in [-0.2, -0.15) is 5.26 Å². The summed E-state index contributed by atoms with van der Waals surface area (Å²) in [5.41, 5.74) is 0.528. The van der Waals surface area contributed by atoms with Crippen molar-refractivity contribution in [1.29, 1.82) is 5.26 Å². The second kappa shape index (κ2) is 5.98. The number of nitriles is 1. The maximum Gasteiger partial charge on any atom is 0.303 e. The molecule has 0 aliphatic carbocycles. The molecular weight excluding hydrogens is 252 g/mol. The van der Waals surface area contributed by atoms with Crippen LogP contribution < -0.4 is 0 Å². The minimum Gasteiger partial charge on any atom is -0.481 e. The zero-order valence-electron chi connectivity index (χ0n) is 10.9. The number of hydrogen-bond acceptors (Lipinski definition) is 3.